The van der Waals surface area contributed by atoms with Crippen molar-refractivity contribution in [1.82, 2.24) is 19.9 Å². The molecule has 3 aromatic rings. The van der Waals surface area contributed by atoms with Crippen molar-refractivity contribution in [3.05, 3.63) is 58.4 Å². The molecule has 7 nitrogen and oxygen atoms in total. The van der Waals surface area contributed by atoms with Crippen LogP contribution in [0.1, 0.15) is 40.8 Å². The van der Waals surface area contributed by atoms with E-state index in [1.807, 2.05) is 19.9 Å². The molecule has 0 saturated heterocycles. The number of fused-ring (bicyclic) bond motifs is 1. The van der Waals surface area contributed by atoms with Crippen LogP contribution < -0.4 is 16.2 Å². The lowest BCUT2D eigenvalue weighted by Gasteiger charge is -2.27. The molecule has 1 unspecified atom stereocenters. The molecule has 3 heterocycles. The van der Waals surface area contributed by atoms with E-state index in [1.54, 1.807) is 12.4 Å². The number of aryl methyl sites for hydroxylation is 2. The number of aromatic nitrogens is 3. The van der Waals surface area contributed by atoms with Crippen molar-refractivity contribution in [2.75, 3.05) is 25.1 Å². The standard InChI is InChI=1S/C23H28N6O/c1-13-7-16(8-17-12-29(4)6-5-18(13)17)20-11-27-22(25)23(28-20)30-15(3)19-9-21(24)26-10-14(19)2/h7-11,15H,5-6,12H2,1-4H3,(H2,24,26)(H2,25,27). The Morgan fingerprint density at radius 1 is 1.07 bits per heavy atom. The number of nitrogen functional groups attached to an aromatic ring is 2. The number of nitrogens with zero attached hydrogens (tertiary/aromatic N) is 4. The van der Waals surface area contributed by atoms with Crippen LogP contribution in [0.5, 0.6) is 5.88 Å². The highest BCUT2D eigenvalue weighted by molar-refractivity contribution is 5.64. The lowest BCUT2D eigenvalue weighted by Crippen LogP contribution is -2.27. The lowest BCUT2D eigenvalue weighted by atomic mass is 9.92. The molecule has 0 spiro atoms. The number of hydrogen-bond acceptors (Lipinski definition) is 7. The van der Waals surface area contributed by atoms with E-state index in [0.29, 0.717) is 11.7 Å². The number of nitrogens with two attached hydrogens (primary N) is 2. The van der Waals surface area contributed by atoms with E-state index < -0.39 is 0 Å². The fraction of sp³-hybridized carbons (Fsp3) is 0.348. The van der Waals surface area contributed by atoms with E-state index in [0.717, 1.165) is 41.9 Å². The van der Waals surface area contributed by atoms with Crippen molar-refractivity contribution < 1.29 is 4.74 Å². The summed E-state index contributed by atoms with van der Waals surface area (Å²) in [7, 11) is 2.15. The van der Waals surface area contributed by atoms with Crippen LogP contribution in [0.2, 0.25) is 0 Å². The first kappa shape index (κ1) is 20.1. The third kappa shape index (κ3) is 3.93. The van der Waals surface area contributed by atoms with E-state index in [9.17, 15) is 0 Å². The number of likely N-dealkylation sites (N-methyl/N-ethyl adjacent to an activating group) is 1. The Balaban J connectivity index is 1.66. The summed E-state index contributed by atoms with van der Waals surface area (Å²) in [6, 6.07) is 6.20. The molecule has 0 aliphatic carbocycles. The maximum absolute atomic E-state index is 6.10. The van der Waals surface area contributed by atoms with Gasteiger partial charge in [-0.1, -0.05) is 0 Å². The first-order valence-electron chi connectivity index (χ1n) is 10.1. The van der Waals surface area contributed by atoms with Gasteiger partial charge in [-0.3, -0.25) is 0 Å². The average molecular weight is 405 g/mol. The minimum absolute atomic E-state index is 0.264. The summed E-state index contributed by atoms with van der Waals surface area (Å²) in [6.45, 7) is 8.10. The minimum atomic E-state index is -0.291. The molecule has 0 amide bonds. The monoisotopic (exact) mass is 404 g/mol. The maximum atomic E-state index is 6.10. The van der Waals surface area contributed by atoms with Crippen molar-refractivity contribution in [3.8, 4) is 17.1 Å². The molecule has 4 N–H and O–H groups in total. The van der Waals surface area contributed by atoms with Crippen molar-refractivity contribution in [1.29, 1.82) is 0 Å². The predicted molar refractivity (Wildman–Crippen MR) is 119 cm³/mol. The second-order valence-corrected chi connectivity index (χ2v) is 8.09. The van der Waals surface area contributed by atoms with Gasteiger partial charge < -0.3 is 21.1 Å². The highest BCUT2D eigenvalue weighted by Gasteiger charge is 2.19. The molecule has 1 aliphatic rings. The summed E-state index contributed by atoms with van der Waals surface area (Å²) in [4.78, 5) is 15.5. The number of hydrogen-bond donors (Lipinski definition) is 2. The molecule has 30 heavy (non-hydrogen) atoms. The number of rotatable bonds is 4. The molecule has 4 rings (SSSR count). The molecule has 156 valence electrons. The Hall–Kier alpha value is -3.19. The van der Waals surface area contributed by atoms with Crippen LogP contribution in [0.25, 0.3) is 11.3 Å². The largest absolute Gasteiger partial charge is 0.467 e. The quantitative estimate of drug-likeness (QED) is 0.686. The normalized spacial score (nSPS) is 14.9. The molecule has 0 radical (unpaired) electrons. The third-order valence-electron chi connectivity index (χ3n) is 5.70. The van der Waals surface area contributed by atoms with Crippen molar-refractivity contribution in [2.24, 2.45) is 0 Å². The zero-order valence-corrected chi connectivity index (χ0v) is 17.9. The van der Waals surface area contributed by atoms with E-state index in [1.165, 1.54) is 16.7 Å². The number of benzene rings is 1. The van der Waals surface area contributed by atoms with Gasteiger partial charge >= 0.3 is 0 Å². The summed E-state index contributed by atoms with van der Waals surface area (Å²) in [6.07, 6.45) is 4.23. The van der Waals surface area contributed by atoms with Crippen LogP contribution in [-0.2, 0) is 13.0 Å². The smallest absolute Gasteiger partial charge is 0.258 e. The Morgan fingerprint density at radius 3 is 2.67 bits per heavy atom. The van der Waals surface area contributed by atoms with E-state index >= 15 is 0 Å². The van der Waals surface area contributed by atoms with Crippen LogP contribution in [0.4, 0.5) is 11.6 Å². The van der Waals surface area contributed by atoms with E-state index in [-0.39, 0.29) is 11.9 Å². The summed E-state index contributed by atoms with van der Waals surface area (Å²) in [5.74, 6) is 1.04. The van der Waals surface area contributed by atoms with Gasteiger partial charge in [-0.25, -0.2) is 15.0 Å². The Bertz CT molecular complexity index is 1100. The SMILES string of the molecule is Cc1cnc(N)cc1C(C)Oc1nc(-c2cc(C)c3c(c2)CN(C)CC3)cnc1N. The third-order valence-corrected chi connectivity index (χ3v) is 5.70. The van der Waals surface area contributed by atoms with E-state index in [4.69, 9.17) is 21.2 Å². The lowest BCUT2D eigenvalue weighted by molar-refractivity contribution is 0.217. The second-order valence-electron chi connectivity index (χ2n) is 8.09. The van der Waals surface area contributed by atoms with Crippen LogP contribution in [-0.4, -0.2) is 33.4 Å². The van der Waals surface area contributed by atoms with Gasteiger partial charge in [0.15, 0.2) is 5.82 Å². The molecule has 0 fully saturated rings. The van der Waals surface area contributed by atoms with Gasteiger partial charge in [0.05, 0.1) is 11.9 Å². The van der Waals surface area contributed by atoms with E-state index in [2.05, 4.69) is 41.0 Å². The number of ether oxygens (including phenoxy) is 1. The van der Waals surface area contributed by atoms with Gasteiger partial charge in [-0.05, 0) is 74.7 Å². The summed E-state index contributed by atoms with van der Waals surface area (Å²) in [5, 5.41) is 0. The average Bonchev–Trinajstić information content (AvgIpc) is 2.71. The summed E-state index contributed by atoms with van der Waals surface area (Å²) in [5.41, 5.74) is 19.7. The van der Waals surface area contributed by atoms with Crippen LogP contribution in [0.15, 0.2) is 30.6 Å². The van der Waals surface area contributed by atoms with Gasteiger partial charge in [-0.15, -0.1) is 0 Å². The highest BCUT2D eigenvalue weighted by Crippen LogP contribution is 2.31. The Labute approximate surface area is 177 Å². The highest BCUT2D eigenvalue weighted by atomic mass is 16.5. The van der Waals surface area contributed by atoms with Gasteiger partial charge in [0.1, 0.15) is 11.9 Å². The Morgan fingerprint density at radius 2 is 1.87 bits per heavy atom. The second kappa shape index (κ2) is 7.91. The zero-order chi connectivity index (χ0) is 21.4. The molecule has 0 bridgehead atoms. The molecule has 1 aromatic carbocycles. The van der Waals surface area contributed by atoms with Gasteiger partial charge in [-0.2, -0.15) is 0 Å². The van der Waals surface area contributed by atoms with Crippen LogP contribution >= 0.6 is 0 Å². The fourth-order valence-corrected chi connectivity index (χ4v) is 4.04. The first-order chi connectivity index (χ1) is 14.3. The molecule has 1 aliphatic heterocycles. The number of pyridine rings is 1. The molecule has 7 heteroatoms. The fourth-order valence-electron chi connectivity index (χ4n) is 4.04. The van der Waals surface area contributed by atoms with Gasteiger partial charge in [0.25, 0.3) is 5.88 Å². The van der Waals surface area contributed by atoms with Crippen molar-refractivity contribution >= 4 is 11.6 Å². The molecular weight excluding hydrogens is 376 g/mol. The molecular formula is C23H28N6O. The minimum Gasteiger partial charge on any atom is -0.467 e. The number of anilines is 2. The first-order valence-corrected chi connectivity index (χ1v) is 10.1. The summed E-state index contributed by atoms with van der Waals surface area (Å²) < 4.78 is 6.10. The predicted octanol–water partition coefficient (Wildman–Crippen LogP) is 3.45. The zero-order valence-electron chi connectivity index (χ0n) is 17.9. The summed E-state index contributed by atoms with van der Waals surface area (Å²) >= 11 is 0. The molecule has 0 saturated carbocycles. The Kier molecular flexibility index (Phi) is 5.30. The topological polar surface area (TPSA) is 103 Å². The molecule has 2 aromatic heterocycles. The maximum Gasteiger partial charge on any atom is 0.258 e. The van der Waals surface area contributed by atoms with Crippen LogP contribution in [0, 0.1) is 13.8 Å². The van der Waals surface area contributed by atoms with Crippen molar-refractivity contribution in [3.63, 3.8) is 0 Å². The van der Waals surface area contributed by atoms with Crippen molar-refractivity contribution in [2.45, 2.75) is 39.8 Å². The van der Waals surface area contributed by atoms with Crippen LogP contribution in [0.3, 0.4) is 0 Å². The molecule has 1 atom stereocenters. The van der Waals surface area contributed by atoms with Gasteiger partial charge in [0.2, 0.25) is 0 Å². The van der Waals surface area contributed by atoms with Gasteiger partial charge in [0, 0.05) is 30.4 Å².